The second kappa shape index (κ2) is 7.88. The standard InChI is InChI=1S/C22H19F5N4/c1-30(2)10-9-13-11-28-18-12-29-20(19-16(23)7-4-8-17(19)24)14-5-3-6-15(22(25,26)27)21(14)31(13)18/h3-8,11H,9-10,12H2,1-2H3. The van der Waals surface area contributed by atoms with Crippen LogP contribution in [0.1, 0.15) is 28.2 Å². The van der Waals surface area contributed by atoms with Crippen molar-refractivity contribution in [2.24, 2.45) is 4.99 Å². The fourth-order valence-electron chi connectivity index (χ4n) is 3.71. The molecule has 0 atom stereocenters. The number of hydrogen-bond acceptors (Lipinski definition) is 3. The van der Waals surface area contributed by atoms with Crippen molar-refractivity contribution < 1.29 is 22.0 Å². The maximum Gasteiger partial charge on any atom is 0.418 e. The normalized spacial score (nSPS) is 13.6. The zero-order chi connectivity index (χ0) is 22.3. The summed E-state index contributed by atoms with van der Waals surface area (Å²) < 4.78 is 72.6. The number of benzene rings is 2. The molecule has 0 fully saturated rings. The van der Waals surface area contributed by atoms with E-state index in [0.29, 0.717) is 18.7 Å². The Morgan fingerprint density at radius 3 is 2.35 bits per heavy atom. The Bertz CT molecular complexity index is 1140. The molecule has 2 aromatic carbocycles. The minimum Gasteiger partial charge on any atom is -0.309 e. The predicted octanol–water partition coefficient (Wildman–Crippen LogP) is 4.62. The molecule has 1 aliphatic rings. The van der Waals surface area contributed by atoms with Crippen LogP contribution in [0.15, 0.2) is 47.6 Å². The lowest BCUT2D eigenvalue weighted by atomic mass is 9.96. The highest BCUT2D eigenvalue weighted by molar-refractivity contribution is 6.15. The Kier molecular flexibility index (Phi) is 5.38. The molecule has 0 aliphatic carbocycles. The summed E-state index contributed by atoms with van der Waals surface area (Å²) >= 11 is 0. The van der Waals surface area contributed by atoms with Gasteiger partial charge in [0, 0.05) is 30.4 Å². The van der Waals surface area contributed by atoms with Crippen LogP contribution >= 0.6 is 0 Å². The summed E-state index contributed by atoms with van der Waals surface area (Å²) in [6.45, 7) is 0.474. The molecule has 0 bridgehead atoms. The smallest absolute Gasteiger partial charge is 0.309 e. The lowest BCUT2D eigenvalue weighted by molar-refractivity contribution is -0.137. The van der Waals surface area contributed by atoms with E-state index in [4.69, 9.17) is 0 Å². The van der Waals surface area contributed by atoms with E-state index in [1.54, 1.807) is 0 Å². The first-order valence-electron chi connectivity index (χ1n) is 9.58. The van der Waals surface area contributed by atoms with Gasteiger partial charge in [-0.15, -0.1) is 0 Å². The summed E-state index contributed by atoms with van der Waals surface area (Å²) in [7, 11) is 3.72. The molecule has 4 nitrogen and oxygen atoms in total. The van der Waals surface area contributed by atoms with E-state index in [-0.39, 0.29) is 29.3 Å². The first-order valence-corrected chi connectivity index (χ1v) is 9.58. The van der Waals surface area contributed by atoms with Gasteiger partial charge in [0.05, 0.1) is 29.1 Å². The molecule has 9 heteroatoms. The van der Waals surface area contributed by atoms with Gasteiger partial charge in [0.25, 0.3) is 0 Å². The van der Waals surface area contributed by atoms with E-state index in [2.05, 4.69) is 9.98 Å². The maximum absolute atomic E-state index is 14.6. The van der Waals surface area contributed by atoms with Crippen LogP contribution in [0.5, 0.6) is 0 Å². The highest BCUT2D eigenvalue weighted by Gasteiger charge is 2.38. The summed E-state index contributed by atoms with van der Waals surface area (Å²) in [6.07, 6.45) is -2.72. The minimum absolute atomic E-state index is 0.00155. The summed E-state index contributed by atoms with van der Waals surface area (Å²) in [6, 6.07) is 6.89. The summed E-state index contributed by atoms with van der Waals surface area (Å²) in [5.41, 5.74) is -1.19. The Hall–Kier alpha value is -3.07. The van der Waals surface area contributed by atoms with Gasteiger partial charge < -0.3 is 4.90 Å². The Labute approximate surface area is 175 Å². The molecule has 0 amide bonds. The number of likely N-dealkylation sites (N-methyl/N-ethyl adjacent to an activating group) is 1. The number of hydrogen-bond donors (Lipinski definition) is 0. The van der Waals surface area contributed by atoms with Gasteiger partial charge in [0.15, 0.2) is 0 Å². The van der Waals surface area contributed by atoms with Crippen LogP contribution in [0.4, 0.5) is 22.0 Å². The summed E-state index contributed by atoms with van der Waals surface area (Å²) in [4.78, 5) is 10.5. The van der Waals surface area contributed by atoms with E-state index >= 15 is 0 Å². The topological polar surface area (TPSA) is 33.4 Å². The average molecular weight is 434 g/mol. The SMILES string of the molecule is CN(C)CCc1cnc2n1-c1c(cccc1C(F)(F)F)C(c1c(F)cccc1F)=NC2. The number of aromatic nitrogens is 2. The number of halogens is 5. The molecule has 0 saturated heterocycles. The lowest BCUT2D eigenvalue weighted by Gasteiger charge is -2.21. The molecular formula is C22H19F5N4. The largest absolute Gasteiger partial charge is 0.418 e. The molecule has 0 spiro atoms. The van der Waals surface area contributed by atoms with Gasteiger partial charge in [-0.05, 0) is 32.3 Å². The molecule has 3 aromatic rings. The fourth-order valence-corrected chi connectivity index (χ4v) is 3.71. The number of nitrogens with zero attached hydrogens (tertiary/aromatic N) is 4. The molecule has 0 N–H and O–H groups in total. The molecule has 31 heavy (non-hydrogen) atoms. The van der Waals surface area contributed by atoms with Crippen LogP contribution < -0.4 is 0 Å². The van der Waals surface area contributed by atoms with Crippen LogP contribution in [0.3, 0.4) is 0 Å². The van der Waals surface area contributed by atoms with Crippen molar-refractivity contribution in [1.29, 1.82) is 0 Å². The second-order valence-electron chi connectivity index (χ2n) is 7.52. The van der Waals surface area contributed by atoms with Crippen molar-refractivity contribution in [3.63, 3.8) is 0 Å². The van der Waals surface area contributed by atoms with Gasteiger partial charge in [-0.1, -0.05) is 18.2 Å². The van der Waals surface area contributed by atoms with Gasteiger partial charge in [-0.2, -0.15) is 13.2 Å². The number of aliphatic imine (C=N–C) groups is 1. The van der Waals surface area contributed by atoms with Crippen LogP contribution in [0.2, 0.25) is 0 Å². The number of fused-ring (bicyclic) bond motifs is 3. The first-order chi connectivity index (χ1) is 14.7. The van der Waals surface area contributed by atoms with Gasteiger partial charge >= 0.3 is 6.18 Å². The molecule has 1 aromatic heterocycles. The van der Waals surface area contributed by atoms with Gasteiger partial charge in [0.2, 0.25) is 0 Å². The van der Waals surface area contributed by atoms with Gasteiger partial charge in [0.1, 0.15) is 17.5 Å². The highest BCUT2D eigenvalue weighted by Crippen LogP contribution is 2.39. The summed E-state index contributed by atoms with van der Waals surface area (Å²) in [5, 5.41) is 0. The monoisotopic (exact) mass is 434 g/mol. The van der Waals surface area contributed by atoms with Crippen molar-refractivity contribution >= 4 is 5.71 Å². The third-order valence-electron chi connectivity index (χ3n) is 5.12. The van der Waals surface area contributed by atoms with E-state index in [1.807, 2.05) is 19.0 Å². The maximum atomic E-state index is 14.6. The zero-order valence-corrected chi connectivity index (χ0v) is 16.8. The van der Waals surface area contributed by atoms with Crippen molar-refractivity contribution in [1.82, 2.24) is 14.5 Å². The Morgan fingerprint density at radius 2 is 1.71 bits per heavy atom. The van der Waals surface area contributed by atoms with Crippen molar-refractivity contribution in [2.45, 2.75) is 19.1 Å². The molecule has 0 saturated carbocycles. The highest BCUT2D eigenvalue weighted by atomic mass is 19.4. The molecule has 2 heterocycles. The van der Waals surface area contributed by atoms with Crippen molar-refractivity contribution in [3.8, 4) is 5.69 Å². The van der Waals surface area contributed by atoms with Crippen LogP contribution in [-0.4, -0.2) is 40.8 Å². The number of imidazole rings is 1. The van der Waals surface area contributed by atoms with E-state index < -0.39 is 28.9 Å². The molecule has 4 rings (SSSR count). The third-order valence-corrected chi connectivity index (χ3v) is 5.12. The molecule has 0 unspecified atom stereocenters. The Morgan fingerprint density at radius 1 is 1.03 bits per heavy atom. The zero-order valence-electron chi connectivity index (χ0n) is 16.8. The fraction of sp³-hybridized carbons (Fsp3) is 0.273. The molecular weight excluding hydrogens is 415 g/mol. The number of rotatable bonds is 4. The number of alkyl halides is 3. The molecule has 162 valence electrons. The Balaban J connectivity index is 2.02. The average Bonchev–Trinajstić information content (AvgIpc) is 3.02. The molecule has 1 aliphatic heterocycles. The quantitative estimate of drug-likeness (QED) is 0.562. The van der Waals surface area contributed by atoms with E-state index in [0.717, 1.165) is 18.2 Å². The van der Waals surface area contributed by atoms with Crippen molar-refractivity contribution in [2.75, 3.05) is 20.6 Å². The van der Waals surface area contributed by atoms with Gasteiger partial charge in [-0.25, -0.2) is 13.8 Å². The predicted molar refractivity (Wildman–Crippen MR) is 107 cm³/mol. The van der Waals surface area contributed by atoms with Crippen molar-refractivity contribution in [3.05, 3.63) is 82.4 Å². The van der Waals surface area contributed by atoms with E-state index in [1.165, 1.54) is 29.0 Å². The third kappa shape index (κ3) is 3.85. The first kappa shape index (κ1) is 21.2. The van der Waals surface area contributed by atoms with Crippen LogP contribution in [0, 0.1) is 11.6 Å². The number of para-hydroxylation sites is 1. The molecule has 0 radical (unpaired) electrons. The van der Waals surface area contributed by atoms with Crippen LogP contribution in [0.25, 0.3) is 5.69 Å². The van der Waals surface area contributed by atoms with Gasteiger partial charge in [-0.3, -0.25) is 9.56 Å². The summed E-state index contributed by atoms with van der Waals surface area (Å²) in [5.74, 6) is -1.51. The second-order valence-corrected chi connectivity index (χ2v) is 7.52. The van der Waals surface area contributed by atoms with E-state index in [9.17, 15) is 22.0 Å². The van der Waals surface area contributed by atoms with Crippen LogP contribution in [-0.2, 0) is 19.1 Å². The lowest BCUT2D eigenvalue weighted by Crippen LogP contribution is -2.20. The minimum atomic E-state index is -4.69.